The van der Waals surface area contributed by atoms with E-state index < -0.39 is 0 Å². The summed E-state index contributed by atoms with van der Waals surface area (Å²) in [7, 11) is 0. The van der Waals surface area contributed by atoms with Crippen molar-refractivity contribution in [2.75, 3.05) is 9.80 Å². The molecule has 2 nitrogen and oxygen atoms in total. The van der Waals surface area contributed by atoms with Crippen molar-refractivity contribution >= 4 is 45.7 Å². The number of hydrogen-bond acceptors (Lipinski definition) is 2. The highest BCUT2D eigenvalue weighted by molar-refractivity contribution is 6.37. The maximum absolute atomic E-state index is 8.05. The molecule has 0 saturated heterocycles. The van der Waals surface area contributed by atoms with E-state index in [1.54, 1.807) is 0 Å². The van der Waals surface area contributed by atoms with E-state index in [1.165, 1.54) is 27.8 Å². The Morgan fingerprint density at radius 3 is 1.03 bits per heavy atom. The van der Waals surface area contributed by atoms with Crippen LogP contribution >= 0.6 is 11.6 Å². The van der Waals surface area contributed by atoms with Gasteiger partial charge in [-0.15, -0.1) is 0 Å². The average Bonchev–Trinajstić information content (AvgIpc) is 3.15. The number of nitrogens with zero attached hydrogens (tertiary/aromatic N) is 2. The van der Waals surface area contributed by atoms with Gasteiger partial charge in [-0.25, -0.2) is 0 Å². The molecular weight excluding hydrogens is 736 g/mol. The molecule has 0 fully saturated rings. The fourth-order valence-electron chi connectivity index (χ4n) is 7.57. The van der Waals surface area contributed by atoms with Crippen molar-refractivity contribution in [1.82, 2.24) is 0 Å². The SMILES string of the molecule is CC(C)(C)c1ccc(N(c2ccc(C(C)(C)C)cc2)c2cc(C(C)(C)C)cc(N(c3ccc(C(C)(C)C)cc3)c3ccc(C(C)(C)C)cc3-c3ccccc3)c2Cl)cc1. The lowest BCUT2D eigenvalue weighted by molar-refractivity contribution is 0.589. The normalized spacial score (nSPS) is 12.7. The van der Waals surface area contributed by atoms with E-state index >= 15 is 0 Å². The first-order valence-corrected chi connectivity index (χ1v) is 21.7. The lowest BCUT2D eigenvalue weighted by atomic mass is 9.84. The second kappa shape index (κ2) is 16.0. The number of anilines is 6. The quantitative estimate of drug-likeness (QED) is 0.159. The van der Waals surface area contributed by atoms with Crippen molar-refractivity contribution in [1.29, 1.82) is 0 Å². The van der Waals surface area contributed by atoms with E-state index in [9.17, 15) is 0 Å². The first kappa shape index (κ1) is 43.8. The van der Waals surface area contributed by atoms with Gasteiger partial charge in [0.1, 0.15) is 0 Å². The molecule has 6 aromatic rings. The highest BCUT2D eigenvalue weighted by atomic mass is 35.5. The van der Waals surface area contributed by atoms with E-state index in [0.717, 1.165) is 45.3 Å². The Labute approximate surface area is 362 Å². The molecule has 6 rings (SSSR count). The molecule has 3 heteroatoms. The molecule has 59 heavy (non-hydrogen) atoms. The Kier molecular flexibility index (Phi) is 11.9. The first-order valence-electron chi connectivity index (χ1n) is 21.3. The van der Waals surface area contributed by atoms with Crippen LogP contribution in [-0.2, 0) is 27.1 Å². The third-order valence-electron chi connectivity index (χ3n) is 11.5. The molecule has 0 aliphatic heterocycles. The average molecular weight is 804 g/mol. The Hall–Kier alpha value is -4.79. The zero-order valence-corrected chi connectivity index (χ0v) is 39.2. The molecule has 0 radical (unpaired) electrons. The molecular formula is C56H67ClN2. The number of rotatable bonds is 7. The molecule has 0 spiro atoms. The number of benzene rings is 6. The molecule has 0 N–H and O–H groups in total. The molecule has 0 unspecified atom stereocenters. The summed E-state index contributed by atoms with van der Waals surface area (Å²) in [5.74, 6) is 0. The van der Waals surface area contributed by atoms with Gasteiger partial charge < -0.3 is 9.80 Å². The Morgan fingerprint density at radius 2 is 0.661 bits per heavy atom. The molecule has 0 aliphatic carbocycles. The van der Waals surface area contributed by atoms with Gasteiger partial charge in [0.05, 0.1) is 22.1 Å². The maximum Gasteiger partial charge on any atom is 0.0887 e. The van der Waals surface area contributed by atoms with Gasteiger partial charge in [0.25, 0.3) is 0 Å². The summed E-state index contributed by atoms with van der Waals surface area (Å²) >= 11 is 8.05. The lowest BCUT2D eigenvalue weighted by Crippen LogP contribution is -2.20. The maximum atomic E-state index is 8.05. The molecule has 0 aliphatic rings. The van der Waals surface area contributed by atoms with Gasteiger partial charge in [0.2, 0.25) is 0 Å². The van der Waals surface area contributed by atoms with Gasteiger partial charge >= 0.3 is 0 Å². The van der Waals surface area contributed by atoms with E-state index in [-0.39, 0.29) is 27.1 Å². The van der Waals surface area contributed by atoms with Gasteiger partial charge in [-0.2, -0.15) is 0 Å². The minimum absolute atomic E-state index is 0.00939. The van der Waals surface area contributed by atoms with Crippen LogP contribution in [-0.4, -0.2) is 0 Å². The highest BCUT2D eigenvalue weighted by Gasteiger charge is 2.29. The van der Waals surface area contributed by atoms with Crippen LogP contribution in [0.5, 0.6) is 0 Å². The van der Waals surface area contributed by atoms with Crippen molar-refractivity contribution in [3.63, 3.8) is 0 Å². The summed E-state index contributed by atoms with van der Waals surface area (Å²) < 4.78 is 0. The predicted molar refractivity (Wildman–Crippen MR) is 260 cm³/mol. The Morgan fingerprint density at radius 1 is 0.322 bits per heavy atom. The topological polar surface area (TPSA) is 6.48 Å². The summed E-state index contributed by atoms with van der Waals surface area (Å²) in [6.45, 7) is 34.1. The summed E-state index contributed by atoms with van der Waals surface area (Å²) in [6, 6.07) is 49.5. The van der Waals surface area contributed by atoms with Crippen molar-refractivity contribution in [3.8, 4) is 11.1 Å². The van der Waals surface area contributed by atoms with Crippen LogP contribution in [0, 0.1) is 0 Å². The van der Waals surface area contributed by atoms with Crippen LogP contribution in [0.3, 0.4) is 0 Å². The molecule has 308 valence electrons. The lowest BCUT2D eigenvalue weighted by Gasteiger charge is -2.35. The highest BCUT2D eigenvalue weighted by Crippen LogP contribution is 2.51. The monoisotopic (exact) mass is 802 g/mol. The summed E-state index contributed by atoms with van der Waals surface area (Å²) in [4.78, 5) is 4.74. The van der Waals surface area contributed by atoms with Gasteiger partial charge in [0, 0.05) is 22.6 Å². The molecule has 0 atom stereocenters. The zero-order valence-electron chi connectivity index (χ0n) is 38.5. The molecule has 6 aromatic carbocycles. The van der Waals surface area contributed by atoms with E-state index in [1.807, 2.05) is 0 Å². The van der Waals surface area contributed by atoms with Crippen LogP contribution in [0.15, 0.2) is 133 Å². The van der Waals surface area contributed by atoms with E-state index in [2.05, 4.69) is 247 Å². The van der Waals surface area contributed by atoms with Crippen LogP contribution < -0.4 is 9.80 Å². The Bertz CT molecular complexity index is 2310. The standard InChI is InChI=1S/C56H67ClN2/c1-52(2,3)39-21-28-44(29-22-39)58(45-30-23-40(24-31-45)53(4,5)6)49-36-43(56(13,14)15)37-50(51(49)57)59(46-32-25-41(26-33-46)54(7,8)9)48-34-27-42(55(10,11)12)35-47(48)38-19-17-16-18-20-38/h16-37H,1-15H3. The van der Waals surface area contributed by atoms with Crippen molar-refractivity contribution in [3.05, 3.63) is 166 Å². The minimum Gasteiger partial charge on any atom is -0.309 e. The smallest absolute Gasteiger partial charge is 0.0887 e. The summed E-state index contributed by atoms with van der Waals surface area (Å²) in [6.07, 6.45) is 0. The van der Waals surface area contributed by atoms with Crippen LogP contribution in [0.25, 0.3) is 11.1 Å². The van der Waals surface area contributed by atoms with Gasteiger partial charge in [-0.05, 0) is 121 Å². The first-order chi connectivity index (χ1) is 27.3. The summed E-state index contributed by atoms with van der Waals surface area (Å²) in [5.41, 5.74) is 14.6. The number of hydrogen-bond donors (Lipinski definition) is 0. The second-order valence-electron chi connectivity index (χ2n) is 21.5. The third kappa shape index (κ3) is 9.66. The van der Waals surface area contributed by atoms with Gasteiger partial charge in [0.15, 0.2) is 0 Å². The van der Waals surface area contributed by atoms with Crippen molar-refractivity contribution in [2.45, 2.75) is 131 Å². The predicted octanol–water partition coefficient (Wildman–Crippen LogP) is 17.4. The fraction of sp³-hybridized carbons (Fsp3) is 0.357. The third-order valence-corrected chi connectivity index (χ3v) is 11.9. The molecule has 0 bridgehead atoms. The minimum atomic E-state index is -0.188. The fourth-order valence-corrected chi connectivity index (χ4v) is 7.84. The van der Waals surface area contributed by atoms with E-state index in [4.69, 9.17) is 11.6 Å². The second-order valence-corrected chi connectivity index (χ2v) is 21.9. The van der Waals surface area contributed by atoms with Crippen molar-refractivity contribution < 1.29 is 0 Å². The van der Waals surface area contributed by atoms with E-state index in [0.29, 0.717) is 5.02 Å². The molecule has 0 saturated carbocycles. The largest absolute Gasteiger partial charge is 0.309 e. The summed E-state index contributed by atoms with van der Waals surface area (Å²) in [5, 5.41) is 0.677. The number of halogens is 1. The van der Waals surface area contributed by atoms with Crippen LogP contribution in [0.2, 0.25) is 5.02 Å². The van der Waals surface area contributed by atoms with Crippen molar-refractivity contribution in [2.24, 2.45) is 0 Å². The molecule has 0 heterocycles. The van der Waals surface area contributed by atoms with Crippen LogP contribution in [0.4, 0.5) is 34.1 Å². The van der Waals surface area contributed by atoms with Gasteiger partial charge in [-0.3, -0.25) is 0 Å². The zero-order chi connectivity index (χ0) is 43.3. The molecule has 0 amide bonds. The molecule has 0 aromatic heterocycles. The van der Waals surface area contributed by atoms with Gasteiger partial charge in [-0.1, -0.05) is 188 Å². The van der Waals surface area contributed by atoms with Crippen LogP contribution in [0.1, 0.15) is 132 Å². The Balaban J connectivity index is 1.71.